The third-order valence-corrected chi connectivity index (χ3v) is 4.22. The first-order valence-electron chi connectivity index (χ1n) is 6.98. The molecule has 1 N–H and O–H groups in total. The van der Waals surface area contributed by atoms with E-state index in [-0.39, 0.29) is 0 Å². The van der Waals surface area contributed by atoms with Crippen molar-refractivity contribution in [3.05, 3.63) is 71.8 Å². The van der Waals surface area contributed by atoms with Crippen molar-refractivity contribution in [3.63, 3.8) is 0 Å². The van der Waals surface area contributed by atoms with Gasteiger partial charge in [-0.2, -0.15) is 0 Å². The molecule has 0 amide bonds. The van der Waals surface area contributed by atoms with E-state index in [2.05, 4.69) is 36.4 Å². The Morgan fingerprint density at radius 2 is 1.58 bits per heavy atom. The van der Waals surface area contributed by atoms with Crippen molar-refractivity contribution in [2.45, 2.75) is 31.3 Å². The highest BCUT2D eigenvalue weighted by Crippen LogP contribution is 2.54. The van der Waals surface area contributed by atoms with Crippen molar-refractivity contribution in [2.24, 2.45) is 5.92 Å². The third-order valence-electron chi connectivity index (χ3n) is 4.22. The van der Waals surface area contributed by atoms with Gasteiger partial charge in [0.15, 0.2) is 0 Å². The third kappa shape index (κ3) is 2.71. The Kier molecular flexibility index (Phi) is 3.16. The fourth-order valence-corrected chi connectivity index (χ4v) is 3.09. The van der Waals surface area contributed by atoms with Gasteiger partial charge < -0.3 is 5.11 Å². The standard InChI is InChI=1S/C18H20O/c1-18(19,13-14-8-4-2-5-9-14)17-12-16(17)15-10-6-3-7-11-15/h2-11,16-17,19H,12-13H2,1H3. The van der Waals surface area contributed by atoms with E-state index in [9.17, 15) is 5.11 Å². The molecule has 0 saturated heterocycles. The molecule has 0 aromatic heterocycles. The minimum atomic E-state index is -0.609. The van der Waals surface area contributed by atoms with Crippen molar-refractivity contribution >= 4 is 0 Å². The Bertz CT molecular complexity index is 530. The Labute approximate surface area is 114 Å². The molecule has 0 radical (unpaired) electrons. The highest BCUT2D eigenvalue weighted by Gasteiger charge is 2.49. The minimum absolute atomic E-state index is 0.384. The Balaban J connectivity index is 1.70. The zero-order valence-corrected chi connectivity index (χ0v) is 11.3. The van der Waals surface area contributed by atoms with E-state index in [1.807, 2.05) is 31.2 Å². The molecule has 3 atom stereocenters. The zero-order valence-electron chi connectivity index (χ0n) is 11.3. The lowest BCUT2D eigenvalue weighted by molar-refractivity contribution is 0.0351. The van der Waals surface area contributed by atoms with Crippen LogP contribution in [-0.2, 0) is 6.42 Å². The van der Waals surface area contributed by atoms with E-state index in [0.29, 0.717) is 11.8 Å². The van der Waals surface area contributed by atoms with Crippen molar-refractivity contribution in [2.75, 3.05) is 0 Å². The van der Waals surface area contributed by atoms with Gasteiger partial charge in [-0.1, -0.05) is 60.7 Å². The molecule has 0 spiro atoms. The molecular formula is C18H20O. The first kappa shape index (κ1) is 12.4. The van der Waals surface area contributed by atoms with Gasteiger partial charge in [-0.05, 0) is 36.3 Å². The van der Waals surface area contributed by atoms with Gasteiger partial charge in [-0.25, -0.2) is 0 Å². The van der Waals surface area contributed by atoms with Gasteiger partial charge in [0.1, 0.15) is 0 Å². The number of hydrogen-bond acceptors (Lipinski definition) is 1. The summed E-state index contributed by atoms with van der Waals surface area (Å²) in [5.74, 6) is 0.912. The zero-order chi connectivity index (χ0) is 13.3. The summed E-state index contributed by atoms with van der Waals surface area (Å²) in [7, 11) is 0. The monoisotopic (exact) mass is 252 g/mol. The van der Waals surface area contributed by atoms with Crippen LogP contribution in [-0.4, -0.2) is 10.7 Å². The second kappa shape index (κ2) is 4.82. The number of aliphatic hydroxyl groups is 1. The van der Waals surface area contributed by atoms with Crippen LogP contribution in [0.4, 0.5) is 0 Å². The van der Waals surface area contributed by atoms with Crippen molar-refractivity contribution < 1.29 is 5.11 Å². The van der Waals surface area contributed by atoms with Crippen molar-refractivity contribution in [1.82, 2.24) is 0 Å². The van der Waals surface area contributed by atoms with Crippen LogP contribution in [0.3, 0.4) is 0 Å². The summed E-state index contributed by atoms with van der Waals surface area (Å²) >= 11 is 0. The molecule has 2 aromatic rings. The molecule has 1 nitrogen and oxygen atoms in total. The molecule has 3 rings (SSSR count). The molecule has 1 fully saturated rings. The average Bonchev–Trinajstić information content (AvgIpc) is 3.21. The van der Waals surface area contributed by atoms with Crippen molar-refractivity contribution in [3.8, 4) is 0 Å². The summed E-state index contributed by atoms with van der Waals surface area (Å²) in [6.45, 7) is 1.98. The average molecular weight is 252 g/mol. The Morgan fingerprint density at radius 3 is 2.21 bits per heavy atom. The number of benzene rings is 2. The predicted octanol–water partition coefficient (Wildman–Crippen LogP) is 3.78. The van der Waals surface area contributed by atoms with Crippen LogP contribution in [0.5, 0.6) is 0 Å². The summed E-state index contributed by atoms with van der Waals surface area (Å²) in [6.07, 6.45) is 1.84. The largest absolute Gasteiger partial charge is 0.390 e. The molecule has 0 bridgehead atoms. The first-order valence-corrected chi connectivity index (χ1v) is 6.98. The molecule has 1 saturated carbocycles. The molecule has 2 aromatic carbocycles. The smallest absolute Gasteiger partial charge is 0.0694 e. The van der Waals surface area contributed by atoms with Crippen LogP contribution in [0, 0.1) is 5.92 Å². The molecule has 3 unspecified atom stereocenters. The van der Waals surface area contributed by atoms with E-state index in [0.717, 1.165) is 12.8 Å². The van der Waals surface area contributed by atoms with Gasteiger partial charge in [-0.3, -0.25) is 0 Å². The van der Waals surface area contributed by atoms with Crippen LogP contribution >= 0.6 is 0 Å². The van der Waals surface area contributed by atoms with Crippen LogP contribution in [0.2, 0.25) is 0 Å². The fourth-order valence-electron chi connectivity index (χ4n) is 3.09. The van der Waals surface area contributed by atoms with Gasteiger partial charge >= 0.3 is 0 Å². The first-order chi connectivity index (χ1) is 9.17. The van der Waals surface area contributed by atoms with E-state index in [1.165, 1.54) is 11.1 Å². The number of rotatable bonds is 4. The van der Waals surface area contributed by atoms with Crippen molar-refractivity contribution in [1.29, 1.82) is 0 Å². The minimum Gasteiger partial charge on any atom is -0.390 e. The molecule has 1 aliphatic rings. The summed E-state index contributed by atoms with van der Waals surface area (Å²) < 4.78 is 0. The van der Waals surface area contributed by atoms with Gasteiger partial charge in [0, 0.05) is 6.42 Å². The van der Waals surface area contributed by atoms with Gasteiger partial charge in [0.05, 0.1) is 5.60 Å². The highest BCUT2D eigenvalue weighted by molar-refractivity contribution is 5.28. The second-order valence-corrected chi connectivity index (χ2v) is 5.88. The van der Waals surface area contributed by atoms with E-state index >= 15 is 0 Å². The van der Waals surface area contributed by atoms with Crippen LogP contribution in [0.25, 0.3) is 0 Å². The maximum absolute atomic E-state index is 10.7. The quantitative estimate of drug-likeness (QED) is 0.878. The Hall–Kier alpha value is -1.60. The topological polar surface area (TPSA) is 20.2 Å². The lowest BCUT2D eigenvalue weighted by Gasteiger charge is -2.24. The Morgan fingerprint density at radius 1 is 1.00 bits per heavy atom. The second-order valence-electron chi connectivity index (χ2n) is 5.88. The summed E-state index contributed by atoms with van der Waals surface area (Å²) in [5.41, 5.74) is 1.97. The maximum atomic E-state index is 10.7. The molecule has 0 heterocycles. The van der Waals surface area contributed by atoms with Gasteiger partial charge in [0.25, 0.3) is 0 Å². The molecule has 98 valence electrons. The van der Waals surface area contributed by atoms with Crippen LogP contribution < -0.4 is 0 Å². The normalized spacial score (nSPS) is 24.7. The van der Waals surface area contributed by atoms with Crippen LogP contribution in [0.15, 0.2) is 60.7 Å². The summed E-state index contributed by atoms with van der Waals surface area (Å²) in [5, 5.41) is 10.7. The van der Waals surface area contributed by atoms with Gasteiger partial charge in [-0.15, -0.1) is 0 Å². The van der Waals surface area contributed by atoms with Crippen LogP contribution in [0.1, 0.15) is 30.4 Å². The van der Waals surface area contributed by atoms with E-state index in [4.69, 9.17) is 0 Å². The number of hydrogen-bond donors (Lipinski definition) is 1. The lowest BCUT2D eigenvalue weighted by atomic mass is 9.89. The molecule has 1 heteroatoms. The summed E-state index contributed by atoms with van der Waals surface area (Å²) in [6, 6.07) is 20.8. The van der Waals surface area contributed by atoms with E-state index < -0.39 is 5.60 Å². The van der Waals surface area contributed by atoms with Gasteiger partial charge in [0.2, 0.25) is 0 Å². The molecule has 0 aliphatic heterocycles. The SMILES string of the molecule is CC(O)(Cc1ccccc1)C1CC1c1ccccc1. The molecule has 19 heavy (non-hydrogen) atoms. The lowest BCUT2D eigenvalue weighted by Crippen LogP contribution is -2.30. The predicted molar refractivity (Wildman–Crippen MR) is 78.1 cm³/mol. The molecule has 1 aliphatic carbocycles. The molecular weight excluding hydrogens is 232 g/mol. The summed E-state index contributed by atoms with van der Waals surface area (Å²) in [4.78, 5) is 0. The highest BCUT2D eigenvalue weighted by atomic mass is 16.3. The fraction of sp³-hybridized carbons (Fsp3) is 0.333. The maximum Gasteiger partial charge on any atom is 0.0694 e. The van der Waals surface area contributed by atoms with E-state index in [1.54, 1.807) is 0 Å².